The number of hydrogen-bond acceptors (Lipinski definition) is 3. The van der Waals surface area contributed by atoms with Crippen LogP contribution in [-0.2, 0) is 17.8 Å². The van der Waals surface area contributed by atoms with Crippen LogP contribution in [0.1, 0.15) is 16.7 Å². The number of urea groups is 1. The summed E-state index contributed by atoms with van der Waals surface area (Å²) < 4.78 is 41.6. The van der Waals surface area contributed by atoms with Crippen LogP contribution in [0.25, 0.3) is 0 Å². The fourth-order valence-electron chi connectivity index (χ4n) is 3.31. The van der Waals surface area contributed by atoms with Gasteiger partial charge in [-0.1, -0.05) is 48.0 Å². The average Bonchev–Trinajstić information content (AvgIpc) is 2.73. The molecule has 6 nitrogen and oxygen atoms in total. The van der Waals surface area contributed by atoms with Crippen LogP contribution in [0.5, 0.6) is 5.75 Å². The number of alkyl halides is 3. The topological polar surface area (TPSA) is 61.9 Å². The maximum atomic E-state index is 12.5. The molecule has 9 heteroatoms. The molecule has 0 saturated carbocycles. The van der Waals surface area contributed by atoms with Gasteiger partial charge in [0, 0.05) is 38.3 Å². The zero-order valence-electron chi connectivity index (χ0n) is 17.1. The van der Waals surface area contributed by atoms with Crippen molar-refractivity contribution in [1.29, 1.82) is 0 Å². The van der Waals surface area contributed by atoms with Crippen LogP contribution in [0.15, 0.2) is 48.5 Å². The van der Waals surface area contributed by atoms with Gasteiger partial charge in [0.25, 0.3) is 0 Å². The fraction of sp³-hybridized carbons (Fsp3) is 0.364. The summed E-state index contributed by atoms with van der Waals surface area (Å²) in [4.78, 5) is 28.2. The number of amides is 3. The highest BCUT2D eigenvalue weighted by Gasteiger charge is 2.32. The molecule has 2 aromatic carbocycles. The van der Waals surface area contributed by atoms with E-state index in [1.54, 1.807) is 15.9 Å². The van der Waals surface area contributed by atoms with Crippen LogP contribution >= 0.6 is 0 Å². The van der Waals surface area contributed by atoms with Crippen LogP contribution in [-0.4, -0.2) is 54.3 Å². The summed E-state index contributed by atoms with van der Waals surface area (Å²) in [6.45, 7) is 3.41. The number of halogens is 3. The number of nitrogens with one attached hydrogen (secondary N) is 1. The van der Waals surface area contributed by atoms with E-state index < -0.39 is 12.4 Å². The minimum Gasteiger partial charge on any atom is -0.405 e. The second-order valence-corrected chi connectivity index (χ2v) is 7.34. The van der Waals surface area contributed by atoms with Crippen molar-refractivity contribution in [3.63, 3.8) is 0 Å². The van der Waals surface area contributed by atoms with Crippen LogP contribution in [0.2, 0.25) is 0 Å². The number of piperazine rings is 1. The van der Waals surface area contributed by atoms with E-state index in [0.717, 1.165) is 11.1 Å². The van der Waals surface area contributed by atoms with Gasteiger partial charge in [-0.2, -0.15) is 0 Å². The van der Waals surface area contributed by atoms with E-state index in [-0.39, 0.29) is 23.8 Å². The van der Waals surface area contributed by atoms with Gasteiger partial charge in [0.1, 0.15) is 5.75 Å². The highest BCUT2D eigenvalue weighted by molar-refractivity contribution is 5.79. The maximum absolute atomic E-state index is 12.5. The van der Waals surface area contributed by atoms with Gasteiger partial charge in [-0.3, -0.25) is 4.79 Å². The lowest BCUT2D eigenvalue weighted by molar-refractivity contribution is -0.274. The van der Waals surface area contributed by atoms with Gasteiger partial charge in [-0.05, 0) is 18.6 Å². The Morgan fingerprint density at radius 3 is 2.23 bits per heavy atom. The van der Waals surface area contributed by atoms with E-state index in [1.165, 1.54) is 18.2 Å². The quantitative estimate of drug-likeness (QED) is 0.782. The summed E-state index contributed by atoms with van der Waals surface area (Å²) in [5.41, 5.74) is 2.29. The zero-order valence-corrected chi connectivity index (χ0v) is 17.1. The summed E-state index contributed by atoms with van der Waals surface area (Å²) in [5, 5.41) is 2.62. The van der Waals surface area contributed by atoms with Gasteiger partial charge in [-0.15, -0.1) is 13.2 Å². The molecule has 2 aromatic rings. The molecule has 0 aromatic heterocycles. The van der Waals surface area contributed by atoms with E-state index in [9.17, 15) is 22.8 Å². The van der Waals surface area contributed by atoms with Crippen molar-refractivity contribution in [2.24, 2.45) is 0 Å². The molecule has 3 rings (SSSR count). The van der Waals surface area contributed by atoms with Crippen LogP contribution < -0.4 is 10.1 Å². The largest absolute Gasteiger partial charge is 0.573 e. The van der Waals surface area contributed by atoms with Gasteiger partial charge >= 0.3 is 12.4 Å². The number of carbonyl (C=O) groups excluding carboxylic acids is 2. The maximum Gasteiger partial charge on any atom is 0.573 e. The molecule has 1 saturated heterocycles. The van der Waals surface area contributed by atoms with Crippen molar-refractivity contribution in [3.8, 4) is 5.75 Å². The summed E-state index contributed by atoms with van der Waals surface area (Å²) in [5.74, 6) is -0.344. The molecule has 31 heavy (non-hydrogen) atoms. The third-order valence-corrected chi connectivity index (χ3v) is 5.02. The number of carbonyl (C=O) groups is 2. The minimum atomic E-state index is -4.80. The van der Waals surface area contributed by atoms with E-state index in [0.29, 0.717) is 32.6 Å². The van der Waals surface area contributed by atoms with Crippen molar-refractivity contribution in [1.82, 2.24) is 15.1 Å². The van der Waals surface area contributed by atoms with Gasteiger partial charge in [0.05, 0.1) is 6.42 Å². The first-order chi connectivity index (χ1) is 14.7. The van der Waals surface area contributed by atoms with Crippen molar-refractivity contribution in [3.05, 3.63) is 65.2 Å². The average molecular weight is 435 g/mol. The second kappa shape index (κ2) is 9.72. The molecule has 0 radical (unpaired) electrons. The first-order valence-electron chi connectivity index (χ1n) is 9.91. The lowest BCUT2D eigenvalue weighted by Gasteiger charge is -2.34. The van der Waals surface area contributed by atoms with Crippen molar-refractivity contribution in [2.45, 2.75) is 26.3 Å². The van der Waals surface area contributed by atoms with E-state index in [4.69, 9.17) is 0 Å². The normalized spacial score (nSPS) is 14.3. The molecule has 0 unspecified atom stereocenters. The zero-order chi connectivity index (χ0) is 22.4. The van der Waals surface area contributed by atoms with Gasteiger partial charge in [0.15, 0.2) is 0 Å². The number of benzene rings is 2. The molecular formula is C22H24F3N3O3. The molecule has 0 atom stereocenters. The lowest BCUT2D eigenvalue weighted by Crippen LogP contribution is -2.53. The first-order valence-corrected chi connectivity index (χ1v) is 9.91. The molecule has 0 spiro atoms. The molecule has 166 valence electrons. The Labute approximate surface area is 178 Å². The molecule has 3 amide bonds. The third-order valence-electron chi connectivity index (χ3n) is 5.02. The van der Waals surface area contributed by atoms with Crippen molar-refractivity contribution < 1.29 is 27.5 Å². The number of nitrogens with zero attached hydrogens (tertiary/aromatic N) is 2. The van der Waals surface area contributed by atoms with E-state index in [2.05, 4.69) is 10.1 Å². The van der Waals surface area contributed by atoms with Crippen molar-refractivity contribution in [2.75, 3.05) is 26.2 Å². The van der Waals surface area contributed by atoms with Gasteiger partial charge in [0.2, 0.25) is 5.91 Å². The highest BCUT2D eigenvalue weighted by Crippen LogP contribution is 2.26. The summed E-state index contributed by atoms with van der Waals surface area (Å²) in [6.07, 6.45) is -4.50. The number of hydrogen-bond donors (Lipinski definition) is 1. The predicted octanol–water partition coefficient (Wildman–Crippen LogP) is 3.49. The predicted molar refractivity (Wildman–Crippen MR) is 108 cm³/mol. The molecule has 1 aliphatic heterocycles. The molecule has 1 aliphatic rings. The lowest BCUT2D eigenvalue weighted by atomic mass is 10.1. The second-order valence-electron chi connectivity index (χ2n) is 7.34. The fourth-order valence-corrected chi connectivity index (χ4v) is 3.31. The van der Waals surface area contributed by atoms with Crippen LogP contribution in [0.4, 0.5) is 18.0 Å². The third kappa shape index (κ3) is 6.63. The van der Waals surface area contributed by atoms with Gasteiger partial charge < -0.3 is 19.9 Å². The Morgan fingerprint density at radius 1 is 0.968 bits per heavy atom. The molecule has 0 bridgehead atoms. The Hall–Kier alpha value is -3.23. The van der Waals surface area contributed by atoms with E-state index in [1.807, 2.05) is 31.2 Å². The standard InChI is InChI=1S/C22H24F3N3O3/c1-16-6-8-17(9-7-16)14-20(29)27-10-12-28(13-11-27)21(30)26-15-18-4-2-3-5-19(18)31-22(23,24)25/h2-9H,10-15H2,1H3,(H,26,30). The number of para-hydroxylation sites is 1. The molecular weight excluding hydrogens is 411 g/mol. The minimum absolute atomic E-state index is 0.00198. The number of aryl methyl sites for hydroxylation is 1. The SMILES string of the molecule is Cc1ccc(CC(=O)N2CCN(C(=O)NCc3ccccc3OC(F)(F)F)CC2)cc1. The first kappa shape index (κ1) is 22.5. The summed E-state index contributed by atoms with van der Waals surface area (Å²) >= 11 is 0. The smallest absolute Gasteiger partial charge is 0.405 e. The van der Waals surface area contributed by atoms with Crippen LogP contribution in [0, 0.1) is 6.92 Å². The van der Waals surface area contributed by atoms with Crippen molar-refractivity contribution >= 4 is 11.9 Å². The Kier molecular flexibility index (Phi) is 7.04. The van der Waals surface area contributed by atoms with Crippen LogP contribution in [0.3, 0.4) is 0 Å². The molecule has 0 aliphatic carbocycles. The Bertz CT molecular complexity index is 908. The number of rotatable bonds is 5. The van der Waals surface area contributed by atoms with E-state index >= 15 is 0 Å². The monoisotopic (exact) mass is 435 g/mol. The summed E-state index contributed by atoms with van der Waals surface area (Å²) in [6, 6.07) is 13.0. The Morgan fingerprint density at radius 2 is 1.58 bits per heavy atom. The van der Waals surface area contributed by atoms with Gasteiger partial charge in [-0.25, -0.2) is 4.79 Å². The molecule has 1 N–H and O–H groups in total. The number of ether oxygens (including phenoxy) is 1. The molecule has 1 fully saturated rings. The molecule has 1 heterocycles. The summed E-state index contributed by atoms with van der Waals surface area (Å²) in [7, 11) is 0. The highest BCUT2D eigenvalue weighted by atomic mass is 19.4. The Balaban J connectivity index is 1.47.